The molecule has 0 amide bonds. The second-order valence-electron chi connectivity index (χ2n) is 5.39. The molecule has 1 N–H and O–H groups in total. The molecule has 1 saturated carbocycles. The Morgan fingerprint density at radius 2 is 2.26 bits per heavy atom. The molecule has 0 atom stereocenters. The summed E-state index contributed by atoms with van der Waals surface area (Å²) >= 11 is 0. The van der Waals surface area contributed by atoms with Crippen molar-refractivity contribution in [2.24, 2.45) is 4.99 Å². The number of H-pyrrole nitrogens is 1. The van der Waals surface area contributed by atoms with Gasteiger partial charge in [0, 0.05) is 17.8 Å². The van der Waals surface area contributed by atoms with Crippen molar-refractivity contribution < 1.29 is 0 Å². The lowest BCUT2D eigenvalue weighted by Crippen LogP contribution is -2.31. The molecule has 1 fully saturated rings. The van der Waals surface area contributed by atoms with Gasteiger partial charge in [0.25, 0.3) is 0 Å². The van der Waals surface area contributed by atoms with Gasteiger partial charge in [0.15, 0.2) is 0 Å². The molecule has 4 heterocycles. The average Bonchev–Trinajstić information content (AvgIpc) is 3.05. The summed E-state index contributed by atoms with van der Waals surface area (Å²) in [6.45, 7) is 1.66. The Labute approximate surface area is 110 Å². The summed E-state index contributed by atoms with van der Waals surface area (Å²) in [5, 5.41) is 8.79. The van der Waals surface area contributed by atoms with Crippen LogP contribution in [0.5, 0.6) is 0 Å². The number of pyridine rings is 1. The van der Waals surface area contributed by atoms with Crippen LogP contribution in [0.2, 0.25) is 0 Å². The summed E-state index contributed by atoms with van der Waals surface area (Å²) in [4.78, 5) is 11.7. The highest BCUT2D eigenvalue weighted by molar-refractivity contribution is 6.30. The first-order chi connectivity index (χ1) is 9.42. The number of aromatic nitrogens is 3. The number of hydrogen-bond donors (Lipinski definition) is 1. The van der Waals surface area contributed by atoms with Gasteiger partial charge in [-0.05, 0) is 18.9 Å². The van der Waals surface area contributed by atoms with Crippen LogP contribution in [-0.4, -0.2) is 40.0 Å². The van der Waals surface area contributed by atoms with Crippen molar-refractivity contribution in [3.8, 4) is 0 Å². The van der Waals surface area contributed by atoms with Gasteiger partial charge in [-0.25, -0.2) is 4.98 Å². The molecule has 2 aromatic rings. The first-order valence-electron chi connectivity index (χ1n) is 6.76. The van der Waals surface area contributed by atoms with Crippen LogP contribution in [-0.2, 0) is 0 Å². The van der Waals surface area contributed by atoms with Crippen LogP contribution in [0.1, 0.15) is 18.5 Å². The standard InChI is InChI=1S/C14H13N5/c1-2-8(1)19-7-11-9(3-5-15-11)13-12-10(17-18-13)4-6-16-14(12)19/h3-4,6,8H,1-2,5,7H2,(H,17,18). The largest absolute Gasteiger partial charge is 0.347 e. The predicted octanol–water partition coefficient (Wildman–Crippen LogP) is 1.78. The van der Waals surface area contributed by atoms with Crippen molar-refractivity contribution in [1.29, 1.82) is 0 Å². The molecule has 0 radical (unpaired) electrons. The van der Waals surface area contributed by atoms with Crippen LogP contribution < -0.4 is 4.90 Å². The van der Waals surface area contributed by atoms with Gasteiger partial charge in [-0.2, -0.15) is 5.10 Å². The molecule has 5 nitrogen and oxygen atoms in total. The summed E-state index contributed by atoms with van der Waals surface area (Å²) in [7, 11) is 0. The number of rotatable bonds is 1. The topological polar surface area (TPSA) is 57.2 Å². The SMILES string of the molecule is C1=C2C(=NC1)CN(C1CC1)c1nccc3[nH]nc2c13. The first kappa shape index (κ1) is 9.72. The minimum atomic E-state index is 0.628. The smallest absolute Gasteiger partial charge is 0.140 e. The number of aromatic amines is 1. The quantitative estimate of drug-likeness (QED) is 0.840. The minimum absolute atomic E-state index is 0.628. The van der Waals surface area contributed by atoms with Gasteiger partial charge in [-0.1, -0.05) is 6.08 Å². The second-order valence-corrected chi connectivity index (χ2v) is 5.39. The maximum Gasteiger partial charge on any atom is 0.140 e. The van der Waals surface area contributed by atoms with Gasteiger partial charge in [0.2, 0.25) is 0 Å². The van der Waals surface area contributed by atoms with E-state index in [9.17, 15) is 0 Å². The molecule has 5 rings (SSSR count). The number of aliphatic imine (C=N–C) groups is 1. The molecule has 1 aliphatic carbocycles. The van der Waals surface area contributed by atoms with E-state index in [0.29, 0.717) is 6.04 Å². The third-order valence-corrected chi connectivity index (χ3v) is 4.18. The van der Waals surface area contributed by atoms with Crippen LogP contribution in [0.3, 0.4) is 0 Å². The molecule has 5 heteroatoms. The fourth-order valence-corrected chi connectivity index (χ4v) is 3.11. The predicted molar refractivity (Wildman–Crippen MR) is 74.5 cm³/mol. The van der Waals surface area contributed by atoms with E-state index in [1.165, 1.54) is 24.1 Å². The van der Waals surface area contributed by atoms with Crippen molar-refractivity contribution in [2.75, 3.05) is 18.0 Å². The zero-order chi connectivity index (χ0) is 12.4. The highest BCUT2D eigenvalue weighted by Gasteiger charge is 2.36. The molecule has 19 heavy (non-hydrogen) atoms. The number of anilines is 1. The van der Waals surface area contributed by atoms with E-state index in [0.717, 1.165) is 35.5 Å². The Morgan fingerprint density at radius 3 is 3.16 bits per heavy atom. The molecule has 0 aromatic carbocycles. The van der Waals surface area contributed by atoms with Crippen LogP contribution >= 0.6 is 0 Å². The van der Waals surface area contributed by atoms with E-state index >= 15 is 0 Å². The van der Waals surface area contributed by atoms with E-state index in [2.05, 4.69) is 31.1 Å². The number of nitrogens with one attached hydrogen (secondary N) is 1. The molecule has 0 spiro atoms. The van der Waals surface area contributed by atoms with Crippen LogP contribution in [0.15, 0.2) is 23.3 Å². The maximum absolute atomic E-state index is 4.63. The first-order valence-corrected chi connectivity index (χ1v) is 6.76. The van der Waals surface area contributed by atoms with E-state index < -0.39 is 0 Å². The highest BCUT2D eigenvalue weighted by atomic mass is 15.3. The Kier molecular flexibility index (Phi) is 1.65. The molecule has 0 unspecified atom stereocenters. The van der Waals surface area contributed by atoms with E-state index in [1.807, 2.05) is 12.3 Å². The zero-order valence-electron chi connectivity index (χ0n) is 10.4. The highest BCUT2D eigenvalue weighted by Crippen LogP contribution is 2.40. The van der Waals surface area contributed by atoms with E-state index in [1.54, 1.807) is 0 Å². The summed E-state index contributed by atoms with van der Waals surface area (Å²) in [5.74, 6) is 1.07. The van der Waals surface area contributed by atoms with E-state index in [4.69, 9.17) is 0 Å². The van der Waals surface area contributed by atoms with Gasteiger partial charge in [0.1, 0.15) is 11.5 Å². The Balaban J connectivity index is 1.87. The minimum Gasteiger partial charge on any atom is -0.347 e. The fourth-order valence-electron chi connectivity index (χ4n) is 3.11. The lowest BCUT2D eigenvalue weighted by molar-refractivity contribution is 0.864. The van der Waals surface area contributed by atoms with Gasteiger partial charge < -0.3 is 4.90 Å². The maximum atomic E-state index is 4.63. The lowest BCUT2D eigenvalue weighted by atomic mass is 10.1. The third kappa shape index (κ3) is 1.22. The van der Waals surface area contributed by atoms with Crippen LogP contribution in [0.25, 0.3) is 16.5 Å². The normalized spacial score (nSPS) is 21.2. The van der Waals surface area contributed by atoms with Gasteiger partial charge in [-0.3, -0.25) is 10.1 Å². The van der Waals surface area contributed by atoms with Crippen molar-refractivity contribution in [2.45, 2.75) is 18.9 Å². The lowest BCUT2D eigenvalue weighted by Gasteiger charge is -2.22. The van der Waals surface area contributed by atoms with Crippen molar-refractivity contribution in [1.82, 2.24) is 15.2 Å². The summed E-state index contributed by atoms with van der Waals surface area (Å²) in [5.41, 5.74) is 4.46. The van der Waals surface area contributed by atoms with Gasteiger partial charge >= 0.3 is 0 Å². The summed E-state index contributed by atoms with van der Waals surface area (Å²) < 4.78 is 0. The molecule has 2 aliphatic heterocycles. The number of fused-ring (bicyclic) bond motifs is 2. The third-order valence-electron chi connectivity index (χ3n) is 4.18. The van der Waals surface area contributed by atoms with Crippen molar-refractivity contribution in [3.63, 3.8) is 0 Å². The Bertz CT molecular complexity index is 750. The zero-order valence-corrected chi connectivity index (χ0v) is 10.4. The number of nitrogens with zero attached hydrogens (tertiary/aromatic N) is 4. The fraction of sp³-hybridized carbons (Fsp3) is 0.357. The average molecular weight is 251 g/mol. The molecule has 94 valence electrons. The van der Waals surface area contributed by atoms with Crippen molar-refractivity contribution >= 4 is 28.0 Å². The molecule has 0 bridgehead atoms. The Hall–Kier alpha value is -2.17. The second kappa shape index (κ2) is 3.23. The van der Waals surface area contributed by atoms with Gasteiger partial charge in [-0.15, -0.1) is 0 Å². The van der Waals surface area contributed by atoms with E-state index in [-0.39, 0.29) is 0 Å². The summed E-state index contributed by atoms with van der Waals surface area (Å²) in [6, 6.07) is 2.63. The molecular weight excluding hydrogens is 238 g/mol. The number of hydrogen-bond acceptors (Lipinski definition) is 4. The van der Waals surface area contributed by atoms with Crippen LogP contribution in [0, 0.1) is 0 Å². The van der Waals surface area contributed by atoms with Crippen molar-refractivity contribution in [3.05, 3.63) is 24.0 Å². The summed E-state index contributed by atoms with van der Waals surface area (Å²) in [6.07, 6.45) is 6.57. The molecule has 3 aliphatic rings. The van der Waals surface area contributed by atoms with Crippen LogP contribution in [0.4, 0.5) is 5.82 Å². The molecular formula is C14H13N5. The molecule has 2 aromatic heterocycles. The molecule has 0 saturated heterocycles. The Morgan fingerprint density at radius 1 is 1.32 bits per heavy atom. The monoisotopic (exact) mass is 251 g/mol. The van der Waals surface area contributed by atoms with Gasteiger partial charge in [0.05, 0.1) is 29.7 Å².